The molecule has 0 radical (unpaired) electrons. The van der Waals surface area contributed by atoms with Gasteiger partial charge in [-0.1, -0.05) is 41.0 Å². The molecule has 0 aliphatic carbocycles. The van der Waals surface area contributed by atoms with Crippen LogP contribution in [0.3, 0.4) is 0 Å². The molecular weight excluding hydrogens is 210 g/mol. The standard InChI is InChI=1S/C15H31NO/c1-6-11-14(10-5)16(13(8-3)9-4)15(17)12-7-2/h13-14H,6-12H2,1-5H3. The van der Waals surface area contributed by atoms with Crippen molar-refractivity contribution >= 4 is 5.91 Å². The lowest BCUT2D eigenvalue weighted by Gasteiger charge is -2.37. The summed E-state index contributed by atoms with van der Waals surface area (Å²) in [5.41, 5.74) is 0. The first kappa shape index (κ1) is 16.5. The van der Waals surface area contributed by atoms with Crippen LogP contribution in [0, 0.1) is 0 Å². The van der Waals surface area contributed by atoms with Crippen molar-refractivity contribution in [3.8, 4) is 0 Å². The van der Waals surface area contributed by atoms with Gasteiger partial charge in [-0.25, -0.2) is 0 Å². The van der Waals surface area contributed by atoms with E-state index in [1.165, 1.54) is 0 Å². The number of amides is 1. The van der Waals surface area contributed by atoms with Crippen LogP contribution in [0.1, 0.15) is 79.6 Å². The maximum absolute atomic E-state index is 12.3. The molecule has 2 nitrogen and oxygen atoms in total. The SMILES string of the molecule is CCCC(=O)N(C(CC)CC)C(CC)CCC. The van der Waals surface area contributed by atoms with Gasteiger partial charge in [-0.2, -0.15) is 0 Å². The summed E-state index contributed by atoms with van der Waals surface area (Å²) in [6.07, 6.45) is 7.20. The second kappa shape index (κ2) is 9.49. The van der Waals surface area contributed by atoms with E-state index in [9.17, 15) is 4.79 Å². The molecule has 2 heteroatoms. The minimum atomic E-state index is 0.363. The highest BCUT2D eigenvalue weighted by Crippen LogP contribution is 2.20. The van der Waals surface area contributed by atoms with Crippen LogP contribution in [0.15, 0.2) is 0 Å². The molecule has 0 saturated heterocycles. The van der Waals surface area contributed by atoms with Gasteiger partial charge in [0.05, 0.1) is 0 Å². The largest absolute Gasteiger partial charge is 0.337 e. The molecule has 1 atom stereocenters. The lowest BCUT2D eigenvalue weighted by Crippen LogP contribution is -2.46. The highest BCUT2D eigenvalue weighted by Gasteiger charge is 2.26. The highest BCUT2D eigenvalue weighted by atomic mass is 16.2. The van der Waals surface area contributed by atoms with Crippen molar-refractivity contribution in [3.63, 3.8) is 0 Å². The number of carbonyl (C=O) groups is 1. The normalized spacial score (nSPS) is 12.8. The molecule has 1 unspecified atom stereocenters. The number of carbonyl (C=O) groups excluding carboxylic acids is 1. The van der Waals surface area contributed by atoms with Crippen LogP contribution in [0.5, 0.6) is 0 Å². The van der Waals surface area contributed by atoms with Crippen LogP contribution in [0.4, 0.5) is 0 Å². The molecule has 0 fully saturated rings. The number of hydrogen-bond donors (Lipinski definition) is 0. The average molecular weight is 241 g/mol. The smallest absolute Gasteiger partial charge is 0.223 e. The summed E-state index contributed by atoms with van der Waals surface area (Å²) in [6.45, 7) is 10.9. The fourth-order valence-electron chi connectivity index (χ4n) is 2.60. The lowest BCUT2D eigenvalue weighted by atomic mass is 10.0. The third-order valence-corrected chi connectivity index (χ3v) is 3.57. The molecule has 17 heavy (non-hydrogen) atoms. The van der Waals surface area contributed by atoms with Crippen LogP contribution in [0.2, 0.25) is 0 Å². The Balaban J connectivity index is 4.84. The van der Waals surface area contributed by atoms with Gasteiger partial charge < -0.3 is 4.90 Å². The van der Waals surface area contributed by atoms with E-state index in [0.717, 1.165) is 38.5 Å². The zero-order valence-electron chi connectivity index (χ0n) is 12.5. The predicted molar refractivity (Wildman–Crippen MR) is 75.1 cm³/mol. The topological polar surface area (TPSA) is 20.3 Å². The molecule has 0 aromatic rings. The van der Waals surface area contributed by atoms with E-state index in [-0.39, 0.29) is 0 Å². The van der Waals surface area contributed by atoms with Gasteiger partial charge in [-0.3, -0.25) is 4.79 Å². The Kier molecular flexibility index (Phi) is 9.20. The van der Waals surface area contributed by atoms with Crippen molar-refractivity contribution < 1.29 is 4.79 Å². The number of hydrogen-bond acceptors (Lipinski definition) is 1. The molecular formula is C15H31NO. The van der Waals surface area contributed by atoms with Crippen LogP contribution in [-0.2, 0) is 4.79 Å². The Bertz CT molecular complexity index is 199. The minimum Gasteiger partial charge on any atom is -0.337 e. The third kappa shape index (κ3) is 5.10. The highest BCUT2D eigenvalue weighted by molar-refractivity contribution is 5.76. The monoisotopic (exact) mass is 241 g/mol. The van der Waals surface area contributed by atoms with E-state index in [0.29, 0.717) is 24.4 Å². The van der Waals surface area contributed by atoms with Crippen molar-refractivity contribution in [2.75, 3.05) is 0 Å². The van der Waals surface area contributed by atoms with Gasteiger partial charge in [-0.05, 0) is 32.1 Å². The van der Waals surface area contributed by atoms with Gasteiger partial charge in [0.2, 0.25) is 5.91 Å². The molecule has 0 bridgehead atoms. The van der Waals surface area contributed by atoms with Crippen LogP contribution >= 0.6 is 0 Å². The zero-order valence-corrected chi connectivity index (χ0v) is 12.5. The molecule has 0 N–H and O–H groups in total. The van der Waals surface area contributed by atoms with Gasteiger partial charge in [0.1, 0.15) is 0 Å². The van der Waals surface area contributed by atoms with Crippen LogP contribution in [-0.4, -0.2) is 22.9 Å². The summed E-state index contributed by atoms with van der Waals surface area (Å²) in [7, 11) is 0. The van der Waals surface area contributed by atoms with Crippen LogP contribution < -0.4 is 0 Å². The van der Waals surface area contributed by atoms with Crippen molar-refractivity contribution in [2.24, 2.45) is 0 Å². The second-order valence-electron chi connectivity index (χ2n) is 4.87. The van der Waals surface area contributed by atoms with E-state index in [1.807, 2.05) is 0 Å². The fourth-order valence-corrected chi connectivity index (χ4v) is 2.60. The van der Waals surface area contributed by atoms with Crippen molar-refractivity contribution in [2.45, 2.75) is 91.6 Å². The summed E-state index contributed by atoms with van der Waals surface area (Å²) in [5, 5.41) is 0. The second-order valence-corrected chi connectivity index (χ2v) is 4.87. The predicted octanol–water partition coefficient (Wildman–Crippen LogP) is 4.38. The molecule has 0 heterocycles. The Labute approximate surface area is 108 Å². The van der Waals surface area contributed by atoms with Gasteiger partial charge >= 0.3 is 0 Å². The van der Waals surface area contributed by atoms with Crippen molar-refractivity contribution in [3.05, 3.63) is 0 Å². The number of nitrogens with zero attached hydrogens (tertiary/aromatic N) is 1. The molecule has 0 aliphatic heterocycles. The van der Waals surface area contributed by atoms with Gasteiger partial charge in [0.25, 0.3) is 0 Å². The Morgan fingerprint density at radius 3 is 1.76 bits per heavy atom. The molecule has 102 valence electrons. The maximum atomic E-state index is 12.3. The molecule has 0 aromatic carbocycles. The molecule has 0 saturated carbocycles. The van der Waals surface area contributed by atoms with Gasteiger partial charge in [0.15, 0.2) is 0 Å². The summed E-state index contributed by atoms with van der Waals surface area (Å²) >= 11 is 0. The maximum Gasteiger partial charge on any atom is 0.223 e. The molecule has 0 aliphatic rings. The molecule has 0 spiro atoms. The first-order valence-electron chi connectivity index (χ1n) is 7.47. The fraction of sp³-hybridized carbons (Fsp3) is 0.933. The number of rotatable bonds is 9. The van der Waals surface area contributed by atoms with E-state index in [4.69, 9.17) is 0 Å². The molecule has 0 aromatic heterocycles. The quantitative estimate of drug-likeness (QED) is 0.586. The van der Waals surface area contributed by atoms with Gasteiger partial charge in [-0.15, -0.1) is 0 Å². The molecule has 1 amide bonds. The Morgan fingerprint density at radius 2 is 1.41 bits per heavy atom. The van der Waals surface area contributed by atoms with E-state index >= 15 is 0 Å². The van der Waals surface area contributed by atoms with Crippen molar-refractivity contribution in [1.82, 2.24) is 4.90 Å². The Hall–Kier alpha value is -0.530. The van der Waals surface area contributed by atoms with E-state index < -0.39 is 0 Å². The summed E-state index contributed by atoms with van der Waals surface area (Å²) < 4.78 is 0. The Morgan fingerprint density at radius 1 is 0.882 bits per heavy atom. The van der Waals surface area contributed by atoms with Crippen LogP contribution in [0.25, 0.3) is 0 Å². The minimum absolute atomic E-state index is 0.363. The summed E-state index contributed by atoms with van der Waals surface area (Å²) in [5.74, 6) is 0.363. The lowest BCUT2D eigenvalue weighted by molar-refractivity contribution is -0.136. The first-order valence-corrected chi connectivity index (χ1v) is 7.47. The van der Waals surface area contributed by atoms with E-state index in [1.54, 1.807) is 0 Å². The van der Waals surface area contributed by atoms with E-state index in [2.05, 4.69) is 39.5 Å². The van der Waals surface area contributed by atoms with Crippen molar-refractivity contribution in [1.29, 1.82) is 0 Å². The van der Waals surface area contributed by atoms with Gasteiger partial charge in [0, 0.05) is 18.5 Å². The summed E-state index contributed by atoms with van der Waals surface area (Å²) in [4.78, 5) is 14.5. The zero-order chi connectivity index (χ0) is 13.3. The average Bonchev–Trinajstić information content (AvgIpc) is 2.33. The molecule has 0 rings (SSSR count). The third-order valence-electron chi connectivity index (χ3n) is 3.57. The first-order chi connectivity index (χ1) is 8.15. The summed E-state index contributed by atoms with van der Waals surface area (Å²) in [6, 6.07) is 0.884.